The zero-order chi connectivity index (χ0) is 18.4. The van der Waals surface area contributed by atoms with Gasteiger partial charge in [0.05, 0.1) is 6.04 Å². The number of benzene rings is 1. The molecule has 28 heavy (non-hydrogen) atoms. The quantitative estimate of drug-likeness (QED) is 0.774. The zero-order valence-electron chi connectivity index (χ0n) is 16.7. The summed E-state index contributed by atoms with van der Waals surface area (Å²) in [4.78, 5) is 15.6. The van der Waals surface area contributed by atoms with Crippen molar-refractivity contribution in [3.63, 3.8) is 0 Å². The molecule has 1 atom stereocenters. The number of amides is 1. The first-order valence-corrected chi connectivity index (χ1v) is 10.6. The number of carbonyl (C=O) groups is 1. The number of hydrogen-bond donors (Lipinski definition) is 1. The minimum atomic E-state index is 0. The summed E-state index contributed by atoms with van der Waals surface area (Å²) in [5.41, 5.74) is 2.78. The average Bonchev–Trinajstić information content (AvgIpc) is 3.19. The summed E-state index contributed by atoms with van der Waals surface area (Å²) in [6, 6.07) is 4.50. The second-order valence-electron chi connectivity index (χ2n) is 8.74. The Kier molecular flexibility index (Phi) is 5.49. The fraction of sp³-hybridized carbons (Fsp3) is 0.682. The number of piperidine rings is 1. The van der Waals surface area contributed by atoms with Crippen LogP contribution in [0.2, 0.25) is 0 Å². The molecule has 2 fully saturated rings. The lowest BCUT2D eigenvalue weighted by Gasteiger charge is -2.47. The second-order valence-corrected chi connectivity index (χ2v) is 8.74. The number of hydrogen-bond acceptors (Lipinski definition) is 4. The van der Waals surface area contributed by atoms with Gasteiger partial charge in [0, 0.05) is 17.9 Å². The molecule has 3 aliphatic heterocycles. The molecule has 1 saturated carbocycles. The molecule has 1 spiro atoms. The van der Waals surface area contributed by atoms with Crippen LogP contribution in [0.1, 0.15) is 62.6 Å². The number of fused-ring (bicyclic) bond motifs is 3. The number of nitrogens with zero attached hydrogens (tertiary/aromatic N) is 1. The number of nitrogens with one attached hydrogen (secondary N) is 1. The van der Waals surface area contributed by atoms with Crippen molar-refractivity contribution < 1.29 is 14.3 Å². The highest BCUT2D eigenvalue weighted by atomic mass is 35.5. The maximum absolute atomic E-state index is 13.4. The van der Waals surface area contributed by atoms with E-state index in [-0.39, 0.29) is 29.8 Å². The van der Waals surface area contributed by atoms with Gasteiger partial charge in [-0.25, -0.2) is 0 Å². The number of ether oxygens (including phenoxy) is 2. The minimum absolute atomic E-state index is 0. The first-order valence-electron chi connectivity index (χ1n) is 10.6. The summed E-state index contributed by atoms with van der Waals surface area (Å²) < 4.78 is 11.7. The van der Waals surface area contributed by atoms with Gasteiger partial charge in [-0.1, -0.05) is 12.8 Å². The fourth-order valence-electron chi connectivity index (χ4n) is 5.68. The molecular formula is C22H31ClN2O3. The van der Waals surface area contributed by atoms with E-state index in [0.717, 1.165) is 44.0 Å². The van der Waals surface area contributed by atoms with Gasteiger partial charge in [-0.2, -0.15) is 0 Å². The largest absolute Gasteiger partial charge is 0.486 e. The van der Waals surface area contributed by atoms with Crippen molar-refractivity contribution in [2.45, 2.75) is 56.9 Å². The van der Waals surface area contributed by atoms with Crippen LogP contribution in [0.3, 0.4) is 0 Å². The van der Waals surface area contributed by atoms with Crippen LogP contribution in [0.25, 0.3) is 0 Å². The standard InChI is InChI=1S/C22H30N2O3.ClH/c1-15-17-12-19-20(27-11-10-26-19)13-18(17)22(6-2-3-7-22)14-24(15)21(25)16-4-8-23-9-5-16;/h12-13,15-16,23H,2-11,14H2,1H3;1H. The van der Waals surface area contributed by atoms with Crippen LogP contribution >= 0.6 is 12.4 Å². The summed E-state index contributed by atoms with van der Waals surface area (Å²) in [6.45, 7) is 6.19. The van der Waals surface area contributed by atoms with E-state index in [1.54, 1.807) is 0 Å². The van der Waals surface area contributed by atoms with E-state index in [1.807, 2.05) is 0 Å². The SMILES string of the molecule is CC1c2cc3c(cc2C2(CCCC2)CN1C(=O)C1CCNCC1)OCCO3.Cl. The molecule has 6 heteroatoms. The van der Waals surface area contributed by atoms with Gasteiger partial charge in [0.1, 0.15) is 13.2 Å². The third-order valence-corrected chi connectivity index (χ3v) is 7.21. The highest BCUT2D eigenvalue weighted by Gasteiger charge is 2.47. The van der Waals surface area contributed by atoms with E-state index in [0.29, 0.717) is 19.1 Å². The van der Waals surface area contributed by atoms with Crippen molar-refractivity contribution >= 4 is 18.3 Å². The van der Waals surface area contributed by atoms with Crippen molar-refractivity contribution in [1.29, 1.82) is 0 Å². The molecule has 1 unspecified atom stereocenters. The number of halogens is 1. The second kappa shape index (κ2) is 7.75. The average molecular weight is 407 g/mol. The van der Waals surface area contributed by atoms with Crippen LogP contribution in [-0.2, 0) is 10.2 Å². The summed E-state index contributed by atoms with van der Waals surface area (Å²) in [5, 5.41) is 3.38. The molecule has 154 valence electrons. The summed E-state index contributed by atoms with van der Waals surface area (Å²) in [5.74, 6) is 2.26. The van der Waals surface area contributed by atoms with Gasteiger partial charge in [-0.05, 0) is 69.0 Å². The van der Waals surface area contributed by atoms with Crippen molar-refractivity contribution in [3.8, 4) is 11.5 Å². The smallest absolute Gasteiger partial charge is 0.226 e. The Hall–Kier alpha value is -1.46. The number of rotatable bonds is 1. The lowest BCUT2D eigenvalue weighted by molar-refractivity contribution is -0.140. The van der Waals surface area contributed by atoms with Crippen molar-refractivity contribution in [2.75, 3.05) is 32.8 Å². The summed E-state index contributed by atoms with van der Waals surface area (Å²) in [6.07, 6.45) is 6.76. The minimum Gasteiger partial charge on any atom is -0.486 e. The molecule has 0 aromatic heterocycles. The maximum atomic E-state index is 13.4. The molecule has 0 bridgehead atoms. The van der Waals surface area contributed by atoms with E-state index in [2.05, 4.69) is 29.3 Å². The molecule has 1 aromatic carbocycles. The Balaban J connectivity index is 0.00000192. The molecule has 3 heterocycles. The molecule has 4 aliphatic rings. The molecular weight excluding hydrogens is 376 g/mol. The van der Waals surface area contributed by atoms with E-state index < -0.39 is 0 Å². The Labute approximate surface area is 173 Å². The van der Waals surface area contributed by atoms with Gasteiger partial charge < -0.3 is 19.7 Å². The lowest BCUT2D eigenvalue weighted by atomic mass is 9.71. The van der Waals surface area contributed by atoms with Crippen LogP contribution in [0.5, 0.6) is 11.5 Å². The monoisotopic (exact) mass is 406 g/mol. The summed E-state index contributed by atoms with van der Waals surface area (Å²) >= 11 is 0. The van der Waals surface area contributed by atoms with E-state index >= 15 is 0 Å². The Morgan fingerprint density at radius 1 is 1.11 bits per heavy atom. The number of carbonyl (C=O) groups excluding carboxylic acids is 1. The van der Waals surface area contributed by atoms with Gasteiger partial charge >= 0.3 is 0 Å². The lowest BCUT2D eigenvalue weighted by Crippen LogP contribution is -2.51. The third-order valence-electron chi connectivity index (χ3n) is 7.21. The normalized spacial score (nSPS) is 25.9. The van der Waals surface area contributed by atoms with Crippen LogP contribution in [0, 0.1) is 5.92 Å². The van der Waals surface area contributed by atoms with Crippen LogP contribution in [0.15, 0.2) is 12.1 Å². The Morgan fingerprint density at radius 3 is 2.43 bits per heavy atom. The van der Waals surface area contributed by atoms with Gasteiger partial charge in [0.2, 0.25) is 5.91 Å². The van der Waals surface area contributed by atoms with E-state index in [1.165, 1.54) is 36.8 Å². The van der Waals surface area contributed by atoms with E-state index in [4.69, 9.17) is 9.47 Å². The topological polar surface area (TPSA) is 50.8 Å². The molecule has 1 aliphatic carbocycles. The highest BCUT2D eigenvalue weighted by molar-refractivity contribution is 5.85. The molecule has 1 saturated heterocycles. The molecule has 1 amide bonds. The fourth-order valence-corrected chi connectivity index (χ4v) is 5.68. The third kappa shape index (κ3) is 3.17. The van der Waals surface area contributed by atoms with Crippen LogP contribution in [0.4, 0.5) is 0 Å². The molecule has 1 aromatic rings. The first kappa shape index (κ1) is 19.8. The Morgan fingerprint density at radius 2 is 1.75 bits per heavy atom. The predicted molar refractivity (Wildman–Crippen MR) is 111 cm³/mol. The van der Waals surface area contributed by atoms with Gasteiger partial charge in [-0.15, -0.1) is 12.4 Å². The van der Waals surface area contributed by atoms with Gasteiger partial charge in [0.15, 0.2) is 11.5 Å². The zero-order valence-corrected chi connectivity index (χ0v) is 17.5. The molecule has 5 rings (SSSR count). The van der Waals surface area contributed by atoms with Gasteiger partial charge in [-0.3, -0.25) is 4.79 Å². The van der Waals surface area contributed by atoms with Crippen LogP contribution in [-0.4, -0.2) is 43.7 Å². The predicted octanol–water partition coefficient (Wildman–Crippen LogP) is 3.59. The van der Waals surface area contributed by atoms with Crippen LogP contribution < -0.4 is 14.8 Å². The summed E-state index contributed by atoms with van der Waals surface area (Å²) in [7, 11) is 0. The highest BCUT2D eigenvalue weighted by Crippen LogP contribution is 2.52. The Bertz CT molecular complexity index is 742. The van der Waals surface area contributed by atoms with E-state index in [9.17, 15) is 4.79 Å². The first-order chi connectivity index (χ1) is 13.2. The maximum Gasteiger partial charge on any atom is 0.226 e. The van der Waals surface area contributed by atoms with Gasteiger partial charge in [0.25, 0.3) is 0 Å². The van der Waals surface area contributed by atoms with Crippen molar-refractivity contribution in [3.05, 3.63) is 23.3 Å². The molecule has 1 N–H and O–H groups in total. The van der Waals surface area contributed by atoms with Crippen molar-refractivity contribution in [2.24, 2.45) is 5.92 Å². The molecule has 0 radical (unpaired) electrons. The molecule has 5 nitrogen and oxygen atoms in total. The van der Waals surface area contributed by atoms with Crippen molar-refractivity contribution in [1.82, 2.24) is 10.2 Å².